The molecule has 3 nitrogen and oxygen atoms in total. The number of aromatic nitrogens is 1. The maximum absolute atomic E-state index is 5.92. The first-order valence-electron chi connectivity index (χ1n) is 6.51. The maximum atomic E-state index is 5.92. The summed E-state index contributed by atoms with van der Waals surface area (Å²) >= 11 is 0. The van der Waals surface area contributed by atoms with Crippen LogP contribution in [0.1, 0.15) is 43.6 Å². The monoisotopic (exact) mass is 218 g/mol. The molecule has 86 valence electrons. The van der Waals surface area contributed by atoms with Gasteiger partial charge in [-0.2, -0.15) is 0 Å². The van der Waals surface area contributed by atoms with Crippen LogP contribution in [0.15, 0.2) is 10.8 Å². The van der Waals surface area contributed by atoms with E-state index in [1.807, 2.05) is 0 Å². The molecule has 4 saturated carbocycles. The van der Waals surface area contributed by atoms with Gasteiger partial charge in [0.05, 0.1) is 0 Å². The van der Waals surface area contributed by atoms with Crippen LogP contribution in [0.5, 0.6) is 0 Å². The first-order chi connectivity index (χ1) is 7.81. The third kappa shape index (κ3) is 1.12. The summed E-state index contributed by atoms with van der Waals surface area (Å²) in [6, 6.07) is 0. The lowest BCUT2D eigenvalue weighted by molar-refractivity contribution is -0.00275. The van der Waals surface area contributed by atoms with Gasteiger partial charge in [-0.05, 0) is 61.7 Å². The summed E-state index contributed by atoms with van der Waals surface area (Å²) in [5, 5.41) is 3.85. The number of anilines is 1. The van der Waals surface area contributed by atoms with E-state index in [4.69, 9.17) is 10.3 Å². The molecule has 0 aliphatic heterocycles. The molecule has 0 atom stereocenters. The van der Waals surface area contributed by atoms with Crippen LogP contribution in [-0.2, 0) is 0 Å². The Morgan fingerprint density at radius 1 is 1.06 bits per heavy atom. The summed E-state index contributed by atoms with van der Waals surface area (Å²) in [7, 11) is 0. The minimum atomic E-state index is 0.637. The SMILES string of the molecule is Nc1nocc1C1C2CC3CC(C2)CC1C3. The smallest absolute Gasteiger partial charge is 0.170 e. The number of rotatable bonds is 1. The molecule has 1 aromatic rings. The lowest BCUT2D eigenvalue weighted by Crippen LogP contribution is -2.43. The topological polar surface area (TPSA) is 52.0 Å². The molecule has 1 aromatic heterocycles. The van der Waals surface area contributed by atoms with Crippen LogP contribution in [0.2, 0.25) is 0 Å². The Bertz CT molecular complexity index is 384. The maximum Gasteiger partial charge on any atom is 0.170 e. The van der Waals surface area contributed by atoms with Crippen molar-refractivity contribution in [3.8, 4) is 0 Å². The van der Waals surface area contributed by atoms with Crippen LogP contribution >= 0.6 is 0 Å². The minimum Gasteiger partial charge on any atom is -0.381 e. The van der Waals surface area contributed by atoms with Crippen LogP contribution in [0.25, 0.3) is 0 Å². The fourth-order valence-electron chi connectivity index (χ4n) is 4.94. The molecular weight excluding hydrogens is 200 g/mol. The predicted octanol–water partition coefficient (Wildman–Crippen LogP) is 2.80. The number of nitrogen functional groups attached to an aromatic ring is 1. The third-order valence-corrected chi connectivity index (χ3v) is 5.21. The summed E-state index contributed by atoms with van der Waals surface area (Å²) in [6.45, 7) is 0. The summed E-state index contributed by atoms with van der Waals surface area (Å²) in [5.74, 6) is 5.03. The molecule has 0 amide bonds. The second kappa shape index (κ2) is 3.02. The van der Waals surface area contributed by atoms with Gasteiger partial charge >= 0.3 is 0 Å². The van der Waals surface area contributed by atoms with E-state index in [1.165, 1.54) is 37.7 Å². The van der Waals surface area contributed by atoms with Gasteiger partial charge in [-0.25, -0.2) is 0 Å². The summed E-state index contributed by atoms with van der Waals surface area (Å²) in [4.78, 5) is 0. The molecule has 16 heavy (non-hydrogen) atoms. The van der Waals surface area contributed by atoms with E-state index in [2.05, 4.69) is 5.16 Å². The van der Waals surface area contributed by atoms with Gasteiger partial charge in [0, 0.05) is 5.56 Å². The summed E-state index contributed by atoms with van der Waals surface area (Å²) < 4.78 is 5.03. The summed E-state index contributed by atoms with van der Waals surface area (Å²) in [5.41, 5.74) is 7.12. The van der Waals surface area contributed by atoms with Crippen molar-refractivity contribution in [3.63, 3.8) is 0 Å². The average molecular weight is 218 g/mol. The molecule has 4 aliphatic rings. The molecule has 1 heterocycles. The van der Waals surface area contributed by atoms with Crippen molar-refractivity contribution in [2.45, 2.75) is 38.0 Å². The fourth-order valence-corrected chi connectivity index (χ4v) is 4.94. The van der Waals surface area contributed by atoms with Crippen LogP contribution in [0.4, 0.5) is 5.82 Å². The molecule has 0 spiro atoms. The second-order valence-corrected chi connectivity index (χ2v) is 6.11. The predicted molar refractivity (Wildman–Crippen MR) is 60.7 cm³/mol. The highest BCUT2D eigenvalue weighted by atomic mass is 16.5. The fraction of sp³-hybridized carbons (Fsp3) is 0.769. The lowest BCUT2D eigenvalue weighted by Gasteiger charge is -2.54. The van der Waals surface area contributed by atoms with Crippen LogP contribution in [0.3, 0.4) is 0 Å². The zero-order valence-corrected chi connectivity index (χ0v) is 9.43. The first-order valence-corrected chi connectivity index (χ1v) is 6.51. The van der Waals surface area contributed by atoms with Crippen LogP contribution in [-0.4, -0.2) is 5.16 Å². The molecule has 4 aliphatic carbocycles. The molecule has 0 saturated heterocycles. The van der Waals surface area contributed by atoms with Gasteiger partial charge in [0.2, 0.25) is 0 Å². The molecule has 3 heteroatoms. The molecule has 0 aromatic carbocycles. The van der Waals surface area contributed by atoms with Crippen molar-refractivity contribution in [1.82, 2.24) is 5.16 Å². The van der Waals surface area contributed by atoms with Gasteiger partial charge in [0.1, 0.15) is 6.26 Å². The molecular formula is C13H18N2O. The Morgan fingerprint density at radius 2 is 1.69 bits per heavy atom. The molecule has 5 rings (SSSR count). The van der Waals surface area contributed by atoms with Crippen molar-refractivity contribution >= 4 is 5.82 Å². The molecule has 4 bridgehead atoms. The quantitative estimate of drug-likeness (QED) is 0.788. The molecule has 4 fully saturated rings. The number of nitrogens with zero attached hydrogens (tertiary/aromatic N) is 1. The zero-order chi connectivity index (χ0) is 10.7. The first kappa shape index (κ1) is 9.08. The highest BCUT2D eigenvalue weighted by Crippen LogP contribution is 2.60. The molecule has 2 N–H and O–H groups in total. The van der Waals surface area contributed by atoms with Crippen LogP contribution in [0, 0.1) is 23.7 Å². The highest BCUT2D eigenvalue weighted by molar-refractivity contribution is 5.40. The van der Waals surface area contributed by atoms with E-state index in [9.17, 15) is 0 Å². The van der Waals surface area contributed by atoms with Gasteiger partial charge in [-0.1, -0.05) is 5.16 Å². The zero-order valence-electron chi connectivity index (χ0n) is 9.43. The van der Waals surface area contributed by atoms with E-state index >= 15 is 0 Å². The van der Waals surface area contributed by atoms with Gasteiger partial charge in [-0.15, -0.1) is 0 Å². The van der Waals surface area contributed by atoms with E-state index in [0.29, 0.717) is 11.7 Å². The Hall–Kier alpha value is -0.990. The normalized spacial score (nSPS) is 45.1. The van der Waals surface area contributed by atoms with Crippen molar-refractivity contribution in [2.24, 2.45) is 23.7 Å². The van der Waals surface area contributed by atoms with Crippen molar-refractivity contribution < 1.29 is 4.52 Å². The Morgan fingerprint density at radius 3 is 2.19 bits per heavy atom. The minimum absolute atomic E-state index is 0.637. The van der Waals surface area contributed by atoms with Crippen molar-refractivity contribution in [3.05, 3.63) is 11.8 Å². The standard InChI is InChI=1S/C13H18N2O/c14-13-11(6-16-15-13)12-9-2-7-1-8(4-9)5-10(12)3-7/h6-10,12H,1-5H2,(H2,14,15). The van der Waals surface area contributed by atoms with Crippen LogP contribution < -0.4 is 5.73 Å². The number of hydrogen-bond donors (Lipinski definition) is 1. The molecule has 0 unspecified atom stereocenters. The average Bonchev–Trinajstić information content (AvgIpc) is 2.63. The molecule has 0 radical (unpaired) electrons. The van der Waals surface area contributed by atoms with E-state index in [0.717, 1.165) is 23.7 Å². The summed E-state index contributed by atoms with van der Waals surface area (Å²) in [6.07, 6.45) is 8.97. The van der Waals surface area contributed by atoms with E-state index in [-0.39, 0.29) is 0 Å². The van der Waals surface area contributed by atoms with E-state index in [1.54, 1.807) is 6.26 Å². The highest BCUT2D eigenvalue weighted by Gasteiger charge is 2.49. The third-order valence-electron chi connectivity index (χ3n) is 5.21. The Balaban J connectivity index is 1.72. The van der Waals surface area contributed by atoms with E-state index < -0.39 is 0 Å². The Kier molecular flexibility index (Phi) is 1.72. The second-order valence-electron chi connectivity index (χ2n) is 6.11. The number of hydrogen-bond acceptors (Lipinski definition) is 3. The lowest BCUT2D eigenvalue weighted by atomic mass is 9.51. The Labute approximate surface area is 95.4 Å². The van der Waals surface area contributed by atoms with Crippen molar-refractivity contribution in [1.29, 1.82) is 0 Å². The van der Waals surface area contributed by atoms with Gasteiger partial charge in [0.25, 0.3) is 0 Å². The van der Waals surface area contributed by atoms with Gasteiger partial charge in [-0.3, -0.25) is 0 Å². The number of nitrogens with two attached hydrogens (primary N) is 1. The van der Waals surface area contributed by atoms with Gasteiger partial charge < -0.3 is 10.3 Å². The van der Waals surface area contributed by atoms with Crippen molar-refractivity contribution in [2.75, 3.05) is 5.73 Å². The largest absolute Gasteiger partial charge is 0.381 e. The van der Waals surface area contributed by atoms with Gasteiger partial charge in [0.15, 0.2) is 5.82 Å².